The number of piperazine rings is 1. The highest BCUT2D eigenvalue weighted by molar-refractivity contribution is 6.30. The highest BCUT2D eigenvalue weighted by Gasteiger charge is 2.22. The molecule has 0 atom stereocenters. The van der Waals surface area contributed by atoms with E-state index in [2.05, 4.69) is 22.1 Å². The Morgan fingerprint density at radius 3 is 2.58 bits per heavy atom. The third kappa shape index (κ3) is 4.96. The van der Waals surface area contributed by atoms with Crippen LogP contribution in [0.3, 0.4) is 0 Å². The molecule has 1 N–H and O–H groups in total. The van der Waals surface area contributed by atoms with Crippen LogP contribution in [0.15, 0.2) is 42.6 Å². The molecule has 1 aliphatic rings. The molecule has 0 bridgehead atoms. The van der Waals surface area contributed by atoms with E-state index in [-0.39, 0.29) is 5.91 Å². The monoisotopic (exact) mass is 372 g/mol. The van der Waals surface area contributed by atoms with E-state index in [0.717, 1.165) is 56.4 Å². The fourth-order valence-corrected chi connectivity index (χ4v) is 3.21. The number of pyridine rings is 1. The lowest BCUT2D eigenvalue weighted by molar-refractivity contribution is 0.0637. The molecule has 6 heteroatoms. The topological polar surface area (TPSA) is 48.5 Å². The predicted octanol–water partition coefficient (Wildman–Crippen LogP) is 3.17. The van der Waals surface area contributed by atoms with Crippen LogP contribution in [0.2, 0.25) is 5.02 Å². The van der Waals surface area contributed by atoms with E-state index in [4.69, 9.17) is 11.6 Å². The first kappa shape index (κ1) is 18.7. The highest BCUT2D eigenvalue weighted by Crippen LogP contribution is 2.13. The molecule has 2 heterocycles. The second kappa shape index (κ2) is 9.01. The van der Waals surface area contributed by atoms with E-state index in [9.17, 15) is 4.79 Å². The fraction of sp³-hybridized carbons (Fsp3) is 0.400. The molecule has 0 saturated carbocycles. The summed E-state index contributed by atoms with van der Waals surface area (Å²) < 4.78 is 0. The molecule has 0 radical (unpaired) electrons. The van der Waals surface area contributed by atoms with Crippen molar-refractivity contribution in [3.05, 3.63) is 58.9 Å². The van der Waals surface area contributed by atoms with Crippen molar-refractivity contribution in [2.75, 3.05) is 44.6 Å². The summed E-state index contributed by atoms with van der Waals surface area (Å²) >= 11 is 5.91. The molecule has 0 aliphatic carbocycles. The lowest BCUT2D eigenvalue weighted by Crippen LogP contribution is -2.48. The third-order valence-corrected chi connectivity index (χ3v) is 4.99. The Morgan fingerprint density at radius 2 is 1.88 bits per heavy atom. The molecule has 1 fully saturated rings. The molecule has 1 aromatic heterocycles. The zero-order valence-corrected chi connectivity index (χ0v) is 15.9. The van der Waals surface area contributed by atoms with Gasteiger partial charge in [-0.15, -0.1) is 0 Å². The minimum Gasteiger partial charge on any atom is -0.385 e. The zero-order valence-electron chi connectivity index (χ0n) is 15.1. The molecule has 2 aromatic rings. The predicted molar refractivity (Wildman–Crippen MR) is 106 cm³/mol. The van der Waals surface area contributed by atoms with Crippen molar-refractivity contribution in [1.29, 1.82) is 0 Å². The fourth-order valence-electron chi connectivity index (χ4n) is 3.09. The number of aromatic nitrogens is 1. The first-order chi connectivity index (χ1) is 12.7. The average molecular weight is 373 g/mol. The molecule has 1 amide bonds. The van der Waals surface area contributed by atoms with Crippen LogP contribution in [0.25, 0.3) is 0 Å². The van der Waals surface area contributed by atoms with E-state index in [1.807, 2.05) is 41.3 Å². The first-order valence-corrected chi connectivity index (χ1v) is 9.49. The van der Waals surface area contributed by atoms with Gasteiger partial charge in [0.05, 0.1) is 0 Å². The first-order valence-electron chi connectivity index (χ1n) is 9.11. The summed E-state index contributed by atoms with van der Waals surface area (Å²) in [5.74, 6) is 0.0158. The van der Waals surface area contributed by atoms with Crippen molar-refractivity contribution in [3.63, 3.8) is 0 Å². The molecule has 26 heavy (non-hydrogen) atoms. The maximum atomic E-state index is 12.7. The van der Waals surface area contributed by atoms with Gasteiger partial charge in [0.1, 0.15) is 5.69 Å². The molecule has 1 aromatic carbocycles. The summed E-state index contributed by atoms with van der Waals surface area (Å²) in [5.41, 5.74) is 2.65. The lowest BCUT2D eigenvalue weighted by Gasteiger charge is -2.33. The van der Waals surface area contributed by atoms with Gasteiger partial charge in [-0.05, 0) is 42.8 Å². The number of benzene rings is 1. The van der Waals surface area contributed by atoms with Crippen LogP contribution in [0.4, 0.5) is 5.69 Å². The van der Waals surface area contributed by atoms with Crippen LogP contribution in [0.5, 0.6) is 0 Å². The van der Waals surface area contributed by atoms with E-state index >= 15 is 0 Å². The molecular formula is C20H25ClN4O. The lowest BCUT2D eigenvalue weighted by atomic mass is 10.1. The SMILES string of the molecule is CCN1CCN(C(=O)c2cc(NCCc3ccc(Cl)cc3)ccn2)CC1. The Labute approximate surface area is 160 Å². The highest BCUT2D eigenvalue weighted by atomic mass is 35.5. The molecule has 1 saturated heterocycles. The number of rotatable bonds is 6. The molecule has 0 spiro atoms. The standard InChI is InChI=1S/C20H25ClN4O/c1-2-24-11-13-25(14-12-24)20(26)19-15-18(8-10-23-19)22-9-7-16-3-5-17(21)6-4-16/h3-6,8,10,15H,2,7,9,11-14H2,1H3,(H,22,23). The second-order valence-corrected chi connectivity index (χ2v) is 6.90. The number of carbonyl (C=O) groups excluding carboxylic acids is 1. The molecular weight excluding hydrogens is 348 g/mol. The van der Waals surface area contributed by atoms with E-state index in [1.54, 1.807) is 6.20 Å². The number of hydrogen-bond donors (Lipinski definition) is 1. The zero-order chi connectivity index (χ0) is 18.4. The van der Waals surface area contributed by atoms with Crippen molar-refractivity contribution in [3.8, 4) is 0 Å². The molecule has 138 valence electrons. The van der Waals surface area contributed by atoms with Gasteiger partial charge in [0.2, 0.25) is 0 Å². The van der Waals surface area contributed by atoms with Crippen LogP contribution in [-0.2, 0) is 6.42 Å². The van der Waals surface area contributed by atoms with E-state index in [0.29, 0.717) is 5.69 Å². The van der Waals surface area contributed by atoms with Gasteiger partial charge in [0, 0.05) is 49.6 Å². The van der Waals surface area contributed by atoms with Crippen LogP contribution >= 0.6 is 11.6 Å². The van der Waals surface area contributed by atoms with Gasteiger partial charge in [0.15, 0.2) is 0 Å². The van der Waals surface area contributed by atoms with Crippen molar-refractivity contribution < 1.29 is 4.79 Å². The summed E-state index contributed by atoms with van der Waals surface area (Å²) in [4.78, 5) is 21.2. The number of likely N-dealkylation sites (N-methyl/N-ethyl adjacent to an activating group) is 1. The number of nitrogens with zero attached hydrogens (tertiary/aromatic N) is 3. The summed E-state index contributed by atoms with van der Waals surface area (Å²) in [5, 5.41) is 4.12. The normalized spacial score (nSPS) is 15.1. The van der Waals surface area contributed by atoms with Gasteiger partial charge < -0.3 is 15.1 Å². The maximum Gasteiger partial charge on any atom is 0.272 e. The number of carbonyl (C=O) groups is 1. The van der Waals surface area contributed by atoms with Crippen molar-refractivity contribution in [1.82, 2.24) is 14.8 Å². The molecule has 5 nitrogen and oxygen atoms in total. The number of halogens is 1. The minimum absolute atomic E-state index is 0.0158. The smallest absolute Gasteiger partial charge is 0.272 e. The molecule has 1 aliphatic heterocycles. The van der Waals surface area contributed by atoms with Crippen LogP contribution in [-0.4, -0.2) is 60.0 Å². The summed E-state index contributed by atoms with van der Waals surface area (Å²) in [6.07, 6.45) is 2.59. The quantitative estimate of drug-likeness (QED) is 0.846. The van der Waals surface area contributed by atoms with Crippen molar-refractivity contribution in [2.24, 2.45) is 0 Å². The van der Waals surface area contributed by atoms with Crippen LogP contribution in [0.1, 0.15) is 23.0 Å². The second-order valence-electron chi connectivity index (χ2n) is 6.46. The number of hydrogen-bond acceptors (Lipinski definition) is 4. The van der Waals surface area contributed by atoms with E-state index < -0.39 is 0 Å². The van der Waals surface area contributed by atoms with Gasteiger partial charge in [-0.2, -0.15) is 0 Å². The molecule has 0 unspecified atom stereocenters. The van der Waals surface area contributed by atoms with Crippen molar-refractivity contribution >= 4 is 23.2 Å². The Balaban J connectivity index is 1.54. The summed E-state index contributed by atoms with van der Waals surface area (Å²) in [7, 11) is 0. The van der Waals surface area contributed by atoms with Crippen LogP contribution < -0.4 is 5.32 Å². The summed E-state index contributed by atoms with van der Waals surface area (Å²) in [6.45, 7) is 7.37. The number of nitrogens with one attached hydrogen (secondary N) is 1. The van der Waals surface area contributed by atoms with Gasteiger partial charge in [-0.3, -0.25) is 9.78 Å². The maximum absolute atomic E-state index is 12.7. The van der Waals surface area contributed by atoms with Crippen molar-refractivity contribution in [2.45, 2.75) is 13.3 Å². The number of amides is 1. The van der Waals surface area contributed by atoms with Gasteiger partial charge in [-0.1, -0.05) is 30.7 Å². The van der Waals surface area contributed by atoms with Gasteiger partial charge in [-0.25, -0.2) is 0 Å². The average Bonchev–Trinajstić information content (AvgIpc) is 2.69. The Morgan fingerprint density at radius 1 is 1.15 bits per heavy atom. The van der Waals surface area contributed by atoms with Gasteiger partial charge >= 0.3 is 0 Å². The number of anilines is 1. The minimum atomic E-state index is 0.0158. The Hall–Kier alpha value is -2.11. The Bertz CT molecular complexity index is 727. The van der Waals surface area contributed by atoms with Crippen LogP contribution in [0, 0.1) is 0 Å². The third-order valence-electron chi connectivity index (χ3n) is 4.74. The summed E-state index contributed by atoms with van der Waals surface area (Å²) in [6, 6.07) is 11.6. The largest absolute Gasteiger partial charge is 0.385 e. The molecule has 3 rings (SSSR count). The Kier molecular flexibility index (Phi) is 6.47. The van der Waals surface area contributed by atoms with Gasteiger partial charge in [0.25, 0.3) is 5.91 Å². The van der Waals surface area contributed by atoms with E-state index in [1.165, 1.54) is 5.56 Å².